The molecule has 0 aromatic heterocycles. The van der Waals surface area contributed by atoms with Crippen LogP contribution in [0.15, 0.2) is 0 Å². The monoisotopic (exact) mass is 492 g/mol. The summed E-state index contributed by atoms with van der Waals surface area (Å²) in [4.78, 5) is 3.01. The maximum Gasteiger partial charge on any atom is 0.0184 e. The summed E-state index contributed by atoms with van der Waals surface area (Å²) in [5.74, 6) is 0.932. The van der Waals surface area contributed by atoms with Crippen LogP contribution in [0.25, 0.3) is 0 Å². The fourth-order valence-corrected chi connectivity index (χ4v) is 7.33. The largest absolute Gasteiger partial charge is 0.295 e. The van der Waals surface area contributed by atoms with Gasteiger partial charge in [-0.25, -0.2) is 0 Å². The average molecular weight is 492 g/mol. The van der Waals surface area contributed by atoms with Gasteiger partial charge in [0.1, 0.15) is 0 Å². The van der Waals surface area contributed by atoms with Crippen LogP contribution in [-0.2, 0) is 0 Å². The van der Waals surface area contributed by atoms with E-state index in [0.29, 0.717) is 11.0 Å². The Hall–Kier alpha value is -0.0400. The minimum Gasteiger partial charge on any atom is -0.295 e. The van der Waals surface area contributed by atoms with E-state index in [-0.39, 0.29) is 0 Å². The molecular weight excluding hydrogens is 422 g/mol. The van der Waals surface area contributed by atoms with E-state index >= 15 is 0 Å². The van der Waals surface area contributed by atoms with Crippen molar-refractivity contribution in [3.8, 4) is 0 Å². The van der Waals surface area contributed by atoms with Crippen LogP contribution in [0, 0.1) is 11.3 Å². The lowest BCUT2D eigenvalue weighted by atomic mass is 9.65. The van der Waals surface area contributed by atoms with Crippen molar-refractivity contribution in [1.29, 1.82) is 0 Å². The number of piperidine rings is 1. The van der Waals surface area contributed by atoms with E-state index in [1.165, 1.54) is 148 Å². The predicted octanol–water partition coefficient (Wildman–Crippen LogP) is 11.7. The minimum absolute atomic E-state index is 0.421. The molecule has 1 rings (SSSR count). The van der Waals surface area contributed by atoms with Crippen molar-refractivity contribution in [3.05, 3.63) is 0 Å². The van der Waals surface area contributed by atoms with Gasteiger partial charge in [0.05, 0.1) is 0 Å². The Bertz CT molecular complexity index is 459. The molecule has 0 aromatic carbocycles. The highest BCUT2D eigenvalue weighted by Gasteiger charge is 2.42. The second kappa shape index (κ2) is 19.1. The first-order chi connectivity index (χ1) is 16.9. The topological polar surface area (TPSA) is 3.24 Å². The van der Waals surface area contributed by atoms with Gasteiger partial charge in [-0.15, -0.1) is 0 Å². The lowest BCUT2D eigenvalue weighted by Gasteiger charge is -2.53. The van der Waals surface area contributed by atoms with E-state index in [1.807, 2.05) is 0 Å². The molecule has 210 valence electrons. The molecule has 0 aromatic rings. The molecule has 0 saturated carbocycles. The maximum absolute atomic E-state index is 3.01. The van der Waals surface area contributed by atoms with Crippen molar-refractivity contribution in [2.75, 3.05) is 6.54 Å². The van der Waals surface area contributed by atoms with Gasteiger partial charge in [0.25, 0.3) is 0 Å². The first-order valence-electron chi connectivity index (χ1n) is 16.6. The number of hydrogen-bond donors (Lipinski definition) is 0. The maximum atomic E-state index is 3.01. The Morgan fingerprint density at radius 3 is 1.34 bits per heavy atom. The van der Waals surface area contributed by atoms with Crippen LogP contribution in [0.2, 0.25) is 0 Å². The SMILES string of the molecule is CCCCCCC(C)(CCCCCC)C1CCN(C(C)(CCCCCC)CCCCCC)C(C)C1. The average Bonchev–Trinajstić information content (AvgIpc) is 2.85. The molecule has 1 heteroatoms. The lowest BCUT2D eigenvalue weighted by molar-refractivity contribution is -0.0276. The number of hydrogen-bond acceptors (Lipinski definition) is 1. The van der Waals surface area contributed by atoms with Crippen LogP contribution in [0.1, 0.15) is 190 Å². The Labute approximate surface area is 224 Å². The summed E-state index contributed by atoms with van der Waals surface area (Å²) < 4.78 is 0. The van der Waals surface area contributed by atoms with Crippen LogP contribution in [-0.4, -0.2) is 23.0 Å². The highest BCUT2D eigenvalue weighted by Crippen LogP contribution is 2.47. The van der Waals surface area contributed by atoms with Crippen molar-refractivity contribution in [3.63, 3.8) is 0 Å². The zero-order chi connectivity index (χ0) is 26.0. The number of rotatable bonds is 22. The molecule has 1 aliphatic rings. The molecule has 35 heavy (non-hydrogen) atoms. The van der Waals surface area contributed by atoms with Crippen molar-refractivity contribution < 1.29 is 0 Å². The van der Waals surface area contributed by atoms with Gasteiger partial charge in [-0.3, -0.25) is 4.90 Å². The van der Waals surface area contributed by atoms with Gasteiger partial charge < -0.3 is 0 Å². The lowest BCUT2D eigenvalue weighted by Crippen LogP contribution is -2.55. The highest BCUT2D eigenvalue weighted by molar-refractivity contribution is 4.96. The number of likely N-dealkylation sites (tertiary alicyclic amines) is 1. The molecule has 1 nitrogen and oxygen atoms in total. The van der Waals surface area contributed by atoms with Gasteiger partial charge in [0.15, 0.2) is 0 Å². The van der Waals surface area contributed by atoms with Crippen molar-refractivity contribution in [2.45, 2.75) is 201 Å². The summed E-state index contributed by atoms with van der Waals surface area (Å²) in [6.07, 6.45) is 31.3. The third-order valence-corrected chi connectivity index (χ3v) is 9.90. The molecule has 0 radical (unpaired) electrons. The summed E-state index contributed by atoms with van der Waals surface area (Å²) >= 11 is 0. The van der Waals surface area contributed by atoms with Gasteiger partial charge >= 0.3 is 0 Å². The molecule has 0 amide bonds. The van der Waals surface area contributed by atoms with E-state index in [4.69, 9.17) is 0 Å². The zero-order valence-corrected chi connectivity index (χ0v) is 25.9. The standard InChI is InChI=1S/C34H69N/c1-8-12-16-20-25-33(6,26-21-17-13-9-2)32-24-29-35(31(5)30-32)34(7,27-22-18-14-10-3)28-23-19-15-11-4/h31-32H,8-30H2,1-7H3. The van der Waals surface area contributed by atoms with E-state index in [9.17, 15) is 0 Å². The van der Waals surface area contributed by atoms with E-state index in [0.717, 1.165) is 12.0 Å². The van der Waals surface area contributed by atoms with Gasteiger partial charge in [0, 0.05) is 11.6 Å². The molecule has 0 N–H and O–H groups in total. The van der Waals surface area contributed by atoms with Crippen molar-refractivity contribution in [1.82, 2.24) is 4.90 Å². The van der Waals surface area contributed by atoms with Gasteiger partial charge in [-0.05, 0) is 70.3 Å². The molecule has 1 heterocycles. The smallest absolute Gasteiger partial charge is 0.0184 e. The Kier molecular flexibility index (Phi) is 18.0. The predicted molar refractivity (Wildman–Crippen MR) is 160 cm³/mol. The molecular formula is C34H69N. The summed E-state index contributed by atoms with van der Waals surface area (Å²) in [5, 5.41) is 0. The summed E-state index contributed by atoms with van der Waals surface area (Å²) in [7, 11) is 0. The van der Waals surface area contributed by atoms with E-state index < -0.39 is 0 Å². The van der Waals surface area contributed by atoms with Crippen molar-refractivity contribution >= 4 is 0 Å². The third-order valence-electron chi connectivity index (χ3n) is 9.90. The summed E-state index contributed by atoms with van der Waals surface area (Å²) in [6, 6.07) is 0.752. The van der Waals surface area contributed by atoms with Gasteiger partial charge in [-0.2, -0.15) is 0 Å². The van der Waals surface area contributed by atoms with Crippen LogP contribution >= 0.6 is 0 Å². The molecule has 2 atom stereocenters. The molecule has 2 unspecified atom stereocenters. The quantitative estimate of drug-likeness (QED) is 0.136. The fourth-order valence-electron chi connectivity index (χ4n) is 7.33. The molecule has 1 aliphatic heterocycles. The normalized spacial score (nSPS) is 20.0. The summed E-state index contributed by atoms with van der Waals surface area (Å²) in [5.41, 5.74) is 0.991. The first kappa shape index (κ1) is 33.0. The van der Waals surface area contributed by atoms with Gasteiger partial charge in [0.2, 0.25) is 0 Å². The van der Waals surface area contributed by atoms with E-state index in [1.54, 1.807) is 0 Å². The molecule has 1 fully saturated rings. The Balaban J connectivity index is 2.84. The second-order valence-corrected chi connectivity index (χ2v) is 13.2. The fraction of sp³-hybridized carbons (Fsp3) is 1.00. The van der Waals surface area contributed by atoms with Crippen LogP contribution < -0.4 is 0 Å². The van der Waals surface area contributed by atoms with E-state index in [2.05, 4.69) is 53.4 Å². The highest BCUT2D eigenvalue weighted by atomic mass is 15.2. The first-order valence-corrected chi connectivity index (χ1v) is 16.6. The Morgan fingerprint density at radius 1 is 0.571 bits per heavy atom. The number of unbranched alkanes of at least 4 members (excludes halogenated alkanes) is 12. The molecule has 1 saturated heterocycles. The van der Waals surface area contributed by atoms with Gasteiger partial charge in [-0.1, -0.05) is 137 Å². The molecule has 0 spiro atoms. The van der Waals surface area contributed by atoms with Crippen LogP contribution in [0.4, 0.5) is 0 Å². The molecule has 0 aliphatic carbocycles. The minimum atomic E-state index is 0.421. The third kappa shape index (κ3) is 12.4. The van der Waals surface area contributed by atoms with Crippen LogP contribution in [0.5, 0.6) is 0 Å². The zero-order valence-electron chi connectivity index (χ0n) is 25.9. The Morgan fingerprint density at radius 2 is 0.971 bits per heavy atom. The number of nitrogens with zero attached hydrogens (tertiary/aromatic N) is 1. The summed E-state index contributed by atoms with van der Waals surface area (Å²) in [6.45, 7) is 18.7. The van der Waals surface area contributed by atoms with Crippen molar-refractivity contribution in [2.24, 2.45) is 11.3 Å². The van der Waals surface area contributed by atoms with Crippen LogP contribution in [0.3, 0.4) is 0 Å². The second-order valence-electron chi connectivity index (χ2n) is 13.2. The molecule has 0 bridgehead atoms.